The van der Waals surface area contributed by atoms with Gasteiger partial charge in [-0.1, -0.05) is 42.0 Å². The Morgan fingerprint density at radius 2 is 1.36 bits per heavy atom. The lowest BCUT2D eigenvalue weighted by atomic mass is 9.88. The molecule has 1 heterocycles. The molecular formula is C26H31F3O4. The molecule has 0 amide bonds. The molecule has 180 valence electrons. The minimum atomic E-state index is -5.19. The average Bonchev–Trinajstić information content (AvgIpc) is 2.66. The first-order valence-electron chi connectivity index (χ1n) is 10.3. The molecule has 33 heavy (non-hydrogen) atoms. The Hall–Kier alpha value is -3.09. The molecule has 1 aromatic heterocycles. The smallest absolute Gasteiger partial charge is 0.430 e. The average molecular weight is 465 g/mol. The van der Waals surface area contributed by atoms with E-state index < -0.39 is 12.1 Å². The van der Waals surface area contributed by atoms with E-state index in [-0.39, 0.29) is 16.6 Å². The number of carboxylic acid groups (broad SMARTS) is 1. The third kappa shape index (κ3) is 9.51. The number of carbonyl (C=O) groups excluding carboxylic acids is 1. The van der Waals surface area contributed by atoms with Crippen LogP contribution in [0.4, 0.5) is 13.2 Å². The zero-order valence-electron chi connectivity index (χ0n) is 20.0. The number of allylic oxidation sites excluding steroid dienone is 2. The van der Waals surface area contributed by atoms with E-state index in [0.29, 0.717) is 0 Å². The van der Waals surface area contributed by atoms with Crippen molar-refractivity contribution in [1.82, 2.24) is 0 Å². The van der Waals surface area contributed by atoms with Gasteiger partial charge in [0.2, 0.25) is 0 Å². The molecule has 0 saturated carbocycles. The molecule has 1 aromatic carbocycles. The number of hydrogen-bond donors (Lipinski definition) is 1. The second-order valence-electron chi connectivity index (χ2n) is 9.68. The van der Waals surface area contributed by atoms with Gasteiger partial charge in [-0.05, 0) is 60.1 Å². The van der Waals surface area contributed by atoms with Crippen LogP contribution in [-0.4, -0.2) is 17.3 Å². The van der Waals surface area contributed by atoms with Crippen molar-refractivity contribution in [3.05, 3.63) is 76.8 Å². The molecule has 1 N–H and O–H groups in total. The summed E-state index contributed by atoms with van der Waals surface area (Å²) in [6.45, 7) is 14.9. The van der Waals surface area contributed by atoms with Gasteiger partial charge in [0, 0.05) is 17.7 Å². The van der Waals surface area contributed by atoms with Crippen molar-refractivity contribution in [1.29, 1.82) is 0 Å². The summed E-state index contributed by atoms with van der Waals surface area (Å²) in [5.74, 6) is -0.839. The van der Waals surface area contributed by atoms with E-state index in [4.69, 9.17) is 14.3 Å². The number of benzene rings is 1. The predicted molar refractivity (Wildman–Crippen MR) is 122 cm³/mol. The molecule has 0 radical (unpaired) electrons. The molecule has 0 bridgehead atoms. The van der Waals surface area contributed by atoms with Crippen molar-refractivity contribution in [2.75, 3.05) is 0 Å². The van der Waals surface area contributed by atoms with E-state index in [2.05, 4.69) is 53.7 Å². The highest BCUT2D eigenvalue weighted by molar-refractivity contribution is 5.70. The van der Waals surface area contributed by atoms with E-state index in [0.717, 1.165) is 22.6 Å². The van der Waals surface area contributed by atoms with Crippen LogP contribution in [0.15, 0.2) is 53.0 Å². The number of aliphatic carboxylic acids is 1. The fraction of sp³-hybridized carbons (Fsp3) is 0.385. The monoisotopic (exact) mass is 464 g/mol. The Morgan fingerprint density at radius 3 is 1.73 bits per heavy atom. The minimum absolute atomic E-state index is 0.0657. The van der Waals surface area contributed by atoms with E-state index in [1.807, 2.05) is 43.3 Å². The van der Waals surface area contributed by atoms with E-state index in [1.54, 1.807) is 6.08 Å². The maximum absolute atomic E-state index is 10.5. The summed E-state index contributed by atoms with van der Waals surface area (Å²) in [5, 5.41) is 19.0. The number of hydrogen-bond acceptors (Lipinski definition) is 3. The highest BCUT2D eigenvalue weighted by Gasteiger charge is 2.33. The van der Waals surface area contributed by atoms with E-state index in [9.17, 15) is 18.3 Å². The van der Waals surface area contributed by atoms with E-state index >= 15 is 0 Å². The molecule has 0 spiro atoms. The number of carboxylic acids is 1. The van der Waals surface area contributed by atoms with Crippen molar-refractivity contribution < 1.29 is 32.6 Å². The van der Waals surface area contributed by atoms with Crippen LogP contribution in [0, 0.1) is 6.92 Å². The topological polar surface area (TPSA) is 71.7 Å². The molecule has 4 nitrogen and oxygen atoms in total. The van der Waals surface area contributed by atoms with Crippen molar-refractivity contribution >= 4 is 17.8 Å². The van der Waals surface area contributed by atoms with Crippen LogP contribution in [0.5, 0.6) is 0 Å². The summed E-state index contributed by atoms with van der Waals surface area (Å²) in [6.07, 6.45) is 0.413. The summed E-state index contributed by atoms with van der Waals surface area (Å²) in [5.41, 5.74) is 2.93. The van der Waals surface area contributed by atoms with Gasteiger partial charge < -0.3 is 15.0 Å². The standard InChI is InChI=1S/C24H30O2.C2HF3O2/c1-17-11-13-19(14-12-17)20(25)10-8-9-18-15-21(23(2,3)4)26-22(16-18)24(5,6)7;3-2(4,5)1(6)7/h8-16H,1-7H3;(H,6,7)/b9-8+,20-10+;. The Kier molecular flexibility index (Phi) is 9.05. The summed E-state index contributed by atoms with van der Waals surface area (Å²) in [4.78, 5) is 8.78. The molecule has 0 unspecified atom stereocenters. The molecular weight excluding hydrogens is 433 g/mol. The molecule has 0 atom stereocenters. The van der Waals surface area contributed by atoms with Crippen molar-refractivity contribution in [3.63, 3.8) is 0 Å². The van der Waals surface area contributed by atoms with E-state index in [1.165, 1.54) is 5.56 Å². The quantitative estimate of drug-likeness (QED) is 0.325. The maximum Gasteiger partial charge on any atom is 0.430 e. The van der Waals surface area contributed by atoms with Crippen LogP contribution < -0.4 is 5.11 Å². The first-order chi connectivity index (χ1) is 14.9. The van der Waals surface area contributed by atoms with Gasteiger partial charge in [-0.25, -0.2) is 4.42 Å². The normalized spacial score (nSPS) is 13.0. The molecule has 2 rings (SSSR count). The number of alkyl halides is 3. The molecule has 7 heteroatoms. The fourth-order valence-electron chi connectivity index (χ4n) is 2.43. The lowest BCUT2D eigenvalue weighted by molar-refractivity contribution is -0.344. The van der Waals surface area contributed by atoms with Gasteiger partial charge in [-0.3, -0.25) is 0 Å². The van der Waals surface area contributed by atoms with Gasteiger partial charge >= 0.3 is 17.7 Å². The predicted octanol–water partition coefficient (Wildman–Crippen LogP) is 6.38. The molecule has 2 aromatic rings. The highest BCUT2D eigenvalue weighted by atomic mass is 19.4. The lowest BCUT2D eigenvalue weighted by Crippen LogP contribution is -2.37. The van der Waals surface area contributed by atoms with Gasteiger partial charge in [0.05, 0.1) is 10.8 Å². The number of aryl methyl sites for hydroxylation is 1. The van der Waals surface area contributed by atoms with Crippen LogP contribution in [0.25, 0.3) is 11.8 Å². The third-order valence-electron chi connectivity index (χ3n) is 4.42. The Balaban J connectivity index is 0.000000675. The third-order valence-corrected chi connectivity index (χ3v) is 4.42. The van der Waals surface area contributed by atoms with Crippen molar-refractivity contribution in [2.24, 2.45) is 0 Å². The van der Waals surface area contributed by atoms with Gasteiger partial charge in [-0.2, -0.15) is 13.2 Å². The van der Waals surface area contributed by atoms with Crippen molar-refractivity contribution in [2.45, 2.75) is 65.5 Å². The maximum atomic E-state index is 10.5. The SMILES string of the molecule is Cc1ccc(/C(O)=C\C=C\c2cc(C(C)(C)C)[o+]c(C(C)(C)C)c2)cc1.O=C([O-])C(F)(F)F. The minimum Gasteiger partial charge on any atom is -0.542 e. The number of aliphatic hydroxyl groups excluding tert-OH is 1. The Labute approximate surface area is 193 Å². The second kappa shape index (κ2) is 10.7. The number of rotatable bonds is 3. The Morgan fingerprint density at radius 1 is 0.939 bits per heavy atom. The molecule has 0 aliphatic carbocycles. The van der Waals surface area contributed by atoms with Crippen LogP contribution in [-0.2, 0) is 15.6 Å². The molecule has 0 aliphatic rings. The lowest BCUT2D eigenvalue weighted by Gasteiger charge is -2.14. The number of halogens is 3. The summed E-state index contributed by atoms with van der Waals surface area (Å²) >= 11 is 0. The highest BCUT2D eigenvalue weighted by Crippen LogP contribution is 2.30. The van der Waals surface area contributed by atoms with Gasteiger partial charge in [0.1, 0.15) is 11.7 Å². The first kappa shape index (κ1) is 27.9. The molecule has 0 aliphatic heterocycles. The number of carbonyl (C=O) groups is 1. The van der Waals surface area contributed by atoms with Crippen LogP contribution in [0.2, 0.25) is 0 Å². The van der Waals surface area contributed by atoms with Crippen LogP contribution in [0.3, 0.4) is 0 Å². The largest absolute Gasteiger partial charge is 0.542 e. The van der Waals surface area contributed by atoms with Crippen LogP contribution >= 0.6 is 0 Å². The van der Waals surface area contributed by atoms with Crippen LogP contribution in [0.1, 0.15) is 69.8 Å². The van der Waals surface area contributed by atoms with Crippen molar-refractivity contribution in [3.8, 4) is 0 Å². The summed E-state index contributed by atoms with van der Waals surface area (Å²) < 4.78 is 37.7. The zero-order valence-corrected chi connectivity index (χ0v) is 20.0. The fourth-order valence-corrected chi connectivity index (χ4v) is 2.43. The Bertz CT molecular complexity index is 972. The van der Waals surface area contributed by atoms with Gasteiger partial charge in [-0.15, -0.1) is 0 Å². The first-order valence-corrected chi connectivity index (χ1v) is 10.3. The zero-order chi connectivity index (χ0) is 25.6. The second-order valence-corrected chi connectivity index (χ2v) is 9.68. The number of aliphatic hydroxyl groups is 1. The summed E-state index contributed by atoms with van der Waals surface area (Å²) in [7, 11) is 0. The van der Waals surface area contributed by atoms with Gasteiger partial charge in [0.15, 0.2) is 0 Å². The van der Waals surface area contributed by atoms with Gasteiger partial charge in [0.25, 0.3) is 0 Å². The summed E-state index contributed by atoms with van der Waals surface area (Å²) in [6, 6.07) is 12.0. The molecule has 0 fully saturated rings. The molecule has 0 saturated heterocycles.